The summed E-state index contributed by atoms with van der Waals surface area (Å²) in [5.74, 6) is 0. The fourth-order valence-corrected chi connectivity index (χ4v) is 8.67. The third-order valence-electron chi connectivity index (χ3n) is 11.8. The van der Waals surface area contributed by atoms with Crippen LogP contribution in [0.25, 0.3) is 77.2 Å². The molecule has 0 aliphatic carbocycles. The molecule has 0 amide bonds. The summed E-state index contributed by atoms with van der Waals surface area (Å²) in [6.07, 6.45) is -4.56. The zero-order valence-corrected chi connectivity index (χ0v) is 34.3. The van der Waals surface area contributed by atoms with Crippen LogP contribution in [0.15, 0.2) is 140 Å². The van der Waals surface area contributed by atoms with Gasteiger partial charge in [0.05, 0.1) is 50.6 Å². The number of nitriles is 1. The predicted molar refractivity (Wildman–Crippen MR) is 238 cm³/mol. The molecule has 0 saturated heterocycles. The van der Waals surface area contributed by atoms with Crippen molar-refractivity contribution < 1.29 is 13.2 Å². The van der Waals surface area contributed by atoms with Crippen LogP contribution < -0.4 is 0 Å². The molecule has 0 saturated carbocycles. The molecular formula is C53H44F3N3. The van der Waals surface area contributed by atoms with Gasteiger partial charge >= 0.3 is 6.18 Å². The molecule has 7 aromatic carbocycles. The first-order valence-electron chi connectivity index (χ1n) is 20.0. The Bertz CT molecular complexity index is 3190. The second-order valence-corrected chi connectivity index (χ2v) is 17.8. The Morgan fingerprint density at radius 2 is 1.00 bits per heavy atom. The smallest absolute Gasteiger partial charge is 0.309 e. The van der Waals surface area contributed by atoms with Crippen LogP contribution in [-0.2, 0) is 17.0 Å². The van der Waals surface area contributed by atoms with Crippen LogP contribution in [0.1, 0.15) is 69.4 Å². The molecule has 9 aromatic rings. The predicted octanol–water partition coefficient (Wildman–Crippen LogP) is 15.0. The van der Waals surface area contributed by atoms with E-state index in [1.165, 1.54) is 17.2 Å². The summed E-state index contributed by atoms with van der Waals surface area (Å²) in [5, 5.41) is 14.7. The average molecular weight is 780 g/mol. The molecule has 0 bridgehead atoms. The minimum absolute atomic E-state index is 0.0816. The molecule has 0 radical (unpaired) electrons. The molecule has 0 fully saturated rings. The molecule has 292 valence electrons. The first kappa shape index (κ1) is 38.0. The first-order chi connectivity index (χ1) is 28.0. The van der Waals surface area contributed by atoms with Gasteiger partial charge in [0.1, 0.15) is 0 Å². The van der Waals surface area contributed by atoms with Crippen molar-refractivity contribution >= 4 is 43.6 Å². The topological polar surface area (TPSA) is 33.6 Å². The monoisotopic (exact) mass is 779 g/mol. The maximum Gasteiger partial charge on any atom is 0.417 e. The summed E-state index contributed by atoms with van der Waals surface area (Å²) in [7, 11) is 0. The summed E-state index contributed by atoms with van der Waals surface area (Å²) >= 11 is 0. The molecule has 3 nitrogen and oxygen atoms in total. The van der Waals surface area contributed by atoms with E-state index in [9.17, 15) is 18.4 Å². The van der Waals surface area contributed by atoms with E-state index in [4.69, 9.17) is 0 Å². The van der Waals surface area contributed by atoms with Gasteiger partial charge in [-0.25, -0.2) is 0 Å². The lowest BCUT2D eigenvalue weighted by Gasteiger charge is -2.22. The van der Waals surface area contributed by atoms with Gasteiger partial charge in [-0.15, -0.1) is 0 Å². The molecule has 0 aliphatic rings. The van der Waals surface area contributed by atoms with Gasteiger partial charge in [0, 0.05) is 32.7 Å². The Labute approximate surface area is 342 Å². The summed E-state index contributed by atoms with van der Waals surface area (Å²) in [6, 6.07) is 48.0. The highest BCUT2D eigenvalue weighted by Gasteiger charge is 2.34. The van der Waals surface area contributed by atoms with Crippen LogP contribution in [0, 0.1) is 18.3 Å². The van der Waals surface area contributed by atoms with Gasteiger partial charge in [-0.1, -0.05) is 120 Å². The van der Waals surface area contributed by atoms with E-state index in [0.717, 1.165) is 66.1 Å². The van der Waals surface area contributed by atoms with E-state index < -0.39 is 11.7 Å². The zero-order chi connectivity index (χ0) is 41.6. The highest BCUT2D eigenvalue weighted by molar-refractivity contribution is 6.12. The van der Waals surface area contributed by atoms with Gasteiger partial charge < -0.3 is 9.13 Å². The number of hydrogen-bond acceptors (Lipinski definition) is 1. The number of aromatic nitrogens is 2. The minimum Gasteiger partial charge on any atom is -0.309 e. The lowest BCUT2D eigenvalue weighted by molar-refractivity contribution is -0.137. The Balaban J connectivity index is 1.42. The van der Waals surface area contributed by atoms with E-state index in [2.05, 4.69) is 117 Å². The van der Waals surface area contributed by atoms with Crippen molar-refractivity contribution in [1.29, 1.82) is 5.26 Å². The normalized spacial score (nSPS) is 12.6. The molecule has 2 heterocycles. The van der Waals surface area contributed by atoms with Crippen molar-refractivity contribution in [2.45, 2.75) is 65.5 Å². The van der Waals surface area contributed by atoms with Crippen molar-refractivity contribution in [2.75, 3.05) is 0 Å². The van der Waals surface area contributed by atoms with Crippen molar-refractivity contribution in [3.63, 3.8) is 0 Å². The van der Waals surface area contributed by atoms with Crippen LogP contribution in [0.5, 0.6) is 0 Å². The number of hydrogen-bond donors (Lipinski definition) is 0. The third kappa shape index (κ3) is 6.37. The van der Waals surface area contributed by atoms with Gasteiger partial charge in [-0.05, 0) is 107 Å². The molecular weight excluding hydrogens is 736 g/mol. The molecule has 0 N–H and O–H groups in total. The highest BCUT2D eigenvalue weighted by Crippen LogP contribution is 2.45. The van der Waals surface area contributed by atoms with Crippen LogP contribution in [0.2, 0.25) is 0 Å². The van der Waals surface area contributed by atoms with Crippen molar-refractivity contribution in [3.8, 4) is 39.7 Å². The lowest BCUT2D eigenvalue weighted by Crippen LogP contribution is -2.10. The molecule has 59 heavy (non-hydrogen) atoms. The maximum absolute atomic E-state index is 14.8. The first-order valence-corrected chi connectivity index (χ1v) is 20.0. The summed E-state index contributed by atoms with van der Waals surface area (Å²) < 4.78 is 48.8. The van der Waals surface area contributed by atoms with Crippen molar-refractivity contribution in [2.24, 2.45) is 0 Å². The third-order valence-corrected chi connectivity index (χ3v) is 11.8. The quantitative estimate of drug-likeness (QED) is 0.175. The summed E-state index contributed by atoms with van der Waals surface area (Å²) in [4.78, 5) is 0. The van der Waals surface area contributed by atoms with E-state index in [0.29, 0.717) is 16.7 Å². The number of nitrogens with zero attached hydrogens (tertiary/aromatic N) is 3. The van der Waals surface area contributed by atoms with Crippen LogP contribution in [-0.4, -0.2) is 9.13 Å². The van der Waals surface area contributed by atoms with Crippen LogP contribution in [0.4, 0.5) is 13.2 Å². The highest BCUT2D eigenvalue weighted by atomic mass is 19.4. The lowest BCUT2D eigenvalue weighted by atomic mass is 9.86. The van der Waals surface area contributed by atoms with Gasteiger partial charge in [-0.3, -0.25) is 0 Å². The second-order valence-electron chi connectivity index (χ2n) is 17.8. The molecule has 6 heteroatoms. The molecule has 9 rings (SSSR count). The standard InChI is InChI=1S/C53H44F3N3/c1-32-16-21-37(44(26-32)53(54,55)56)34-18-23-47(58-45-14-10-8-12-38(45)42-29-35(51(2,3)4)19-24-48(42)58)41(28-34)40-22-17-33(31-57)27-50(40)59-46-15-11-9-13-39(46)43-30-36(52(5,6)7)20-25-49(43)59/h8-30H,1-7H3. The summed E-state index contributed by atoms with van der Waals surface area (Å²) in [6.45, 7) is 14.9. The largest absolute Gasteiger partial charge is 0.417 e. The van der Waals surface area contributed by atoms with Gasteiger partial charge in [0.25, 0.3) is 0 Å². The number of aryl methyl sites for hydroxylation is 1. The van der Waals surface area contributed by atoms with Gasteiger partial charge in [0.2, 0.25) is 0 Å². The SMILES string of the molecule is Cc1ccc(-c2ccc(-n3c4ccccc4c4cc(C(C)(C)C)ccc43)c(-c3ccc(C#N)cc3-n3c4ccccc4c4cc(C(C)(C)C)ccc43)c2)c(C(F)(F)F)c1. The second kappa shape index (κ2) is 13.5. The summed E-state index contributed by atoms with van der Waals surface area (Å²) in [5.41, 5.74) is 10.1. The Hall–Kier alpha value is -6.58. The number of fused-ring (bicyclic) bond motifs is 6. The number of benzene rings is 7. The number of rotatable bonds is 4. The fourth-order valence-electron chi connectivity index (χ4n) is 8.67. The van der Waals surface area contributed by atoms with Gasteiger partial charge in [-0.2, -0.15) is 18.4 Å². The molecule has 2 aromatic heterocycles. The van der Waals surface area contributed by atoms with E-state index in [1.54, 1.807) is 31.2 Å². The fraction of sp³-hybridized carbons (Fsp3) is 0.189. The number of halogens is 3. The molecule has 0 aliphatic heterocycles. The van der Waals surface area contributed by atoms with Gasteiger partial charge in [0.15, 0.2) is 0 Å². The minimum atomic E-state index is -4.56. The zero-order valence-electron chi connectivity index (χ0n) is 34.3. The number of alkyl halides is 3. The number of para-hydroxylation sites is 2. The Morgan fingerprint density at radius 1 is 0.475 bits per heavy atom. The molecule has 0 atom stereocenters. The van der Waals surface area contributed by atoms with Crippen molar-refractivity contribution in [3.05, 3.63) is 167 Å². The van der Waals surface area contributed by atoms with Crippen molar-refractivity contribution in [1.82, 2.24) is 9.13 Å². The molecule has 0 unspecified atom stereocenters. The molecule has 0 spiro atoms. The van der Waals surface area contributed by atoms with E-state index in [-0.39, 0.29) is 16.4 Å². The van der Waals surface area contributed by atoms with Crippen LogP contribution >= 0.6 is 0 Å². The van der Waals surface area contributed by atoms with E-state index >= 15 is 0 Å². The van der Waals surface area contributed by atoms with Crippen LogP contribution in [0.3, 0.4) is 0 Å². The Morgan fingerprint density at radius 3 is 1.54 bits per heavy atom. The average Bonchev–Trinajstić information content (AvgIpc) is 3.71. The van der Waals surface area contributed by atoms with E-state index in [1.807, 2.05) is 48.5 Å². The Kier molecular flexibility index (Phi) is 8.68. The maximum atomic E-state index is 14.8.